The third-order valence-corrected chi connectivity index (χ3v) is 17.7. The van der Waals surface area contributed by atoms with Crippen molar-refractivity contribution in [3.63, 3.8) is 0 Å². The zero-order chi connectivity index (χ0) is 51.7. The fraction of sp³-hybridized carbons (Fsp3) is 0.468. The van der Waals surface area contributed by atoms with Crippen molar-refractivity contribution in [2.45, 2.75) is 124 Å². The van der Waals surface area contributed by atoms with E-state index in [1.165, 1.54) is 105 Å². The van der Waals surface area contributed by atoms with Crippen molar-refractivity contribution < 1.29 is 14.4 Å². The van der Waals surface area contributed by atoms with Crippen molar-refractivity contribution in [1.29, 1.82) is 0 Å². The van der Waals surface area contributed by atoms with Crippen LogP contribution in [0.2, 0.25) is 0 Å². The van der Waals surface area contributed by atoms with Crippen molar-refractivity contribution in [3.05, 3.63) is 138 Å². The van der Waals surface area contributed by atoms with E-state index in [2.05, 4.69) is 168 Å². The summed E-state index contributed by atoms with van der Waals surface area (Å²) in [5.74, 6) is 0.795. The molecule has 0 unspecified atom stereocenters. The standard InChI is InChI=1S/C24H27N3O.C20H27N3O.C18H22IN3O/c1-17-7-8-22-20(13-17)21-15-25(2)11-10-23(21)27(22)16-24(28)26-12-9-18-5-3-4-6-19(18)14-26;1-15-6-7-18-16(12-15)17-13-21(2)11-8-19(17)23(18)14-20(24)22-9-4-3-5-10-22;19-13-4-5-16-14(10-13)15-11-20-7-6-17(15)22(16)12-18(23)21-8-2-1-3-9-21/h3-8,13H,9-12,14-16H2,1-2H3;6-7,12H,3-5,8-11,13-14H2,1-2H3;4-5,10,20H,1-3,6-9,11-12H2. The van der Waals surface area contributed by atoms with Crippen LogP contribution in [-0.2, 0) is 85.9 Å². The third-order valence-electron chi connectivity index (χ3n) is 17.1. The summed E-state index contributed by atoms with van der Waals surface area (Å²) in [6.45, 7) is 17.0. The lowest BCUT2D eigenvalue weighted by Crippen LogP contribution is -2.38. The molecule has 0 radical (unpaired) electrons. The average molecular weight is 1120 g/mol. The van der Waals surface area contributed by atoms with Gasteiger partial charge in [0, 0.05) is 151 Å². The molecule has 2 fully saturated rings. The molecule has 12 nitrogen and oxygen atoms in total. The molecule has 9 heterocycles. The molecular weight excluding hydrogens is 1050 g/mol. The number of piperidine rings is 2. The number of hydrogen-bond acceptors (Lipinski definition) is 6. The van der Waals surface area contributed by atoms with Gasteiger partial charge in [-0.3, -0.25) is 14.4 Å². The number of nitrogens with zero attached hydrogens (tertiary/aromatic N) is 8. The average Bonchev–Trinajstić information content (AvgIpc) is 4.02. The molecule has 6 aliphatic rings. The second-order valence-corrected chi connectivity index (χ2v) is 23.6. The second-order valence-electron chi connectivity index (χ2n) is 22.4. The zero-order valence-corrected chi connectivity index (χ0v) is 47.0. The minimum atomic E-state index is 0.230. The van der Waals surface area contributed by atoms with Crippen LogP contribution in [-0.4, -0.2) is 122 Å². The second kappa shape index (κ2) is 22.6. The molecule has 0 saturated carbocycles. The molecule has 2 saturated heterocycles. The lowest BCUT2D eigenvalue weighted by molar-refractivity contribution is -0.133. The van der Waals surface area contributed by atoms with Gasteiger partial charge in [0.1, 0.15) is 19.6 Å². The molecule has 6 aliphatic heterocycles. The Morgan fingerprint density at radius 3 is 1.48 bits per heavy atom. The van der Waals surface area contributed by atoms with E-state index in [1.807, 2.05) is 4.90 Å². The summed E-state index contributed by atoms with van der Waals surface area (Å²) in [6.07, 6.45) is 11.1. The number of nitrogens with one attached hydrogen (secondary N) is 1. The molecule has 4 aromatic carbocycles. The van der Waals surface area contributed by atoms with Gasteiger partial charge in [0.15, 0.2) is 0 Å². The highest BCUT2D eigenvalue weighted by Gasteiger charge is 2.29. The number of amides is 3. The van der Waals surface area contributed by atoms with E-state index >= 15 is 0 Å². The first-order valence-electron chi connectivity index (χ1n) is 28.0. The first kappa shape index (κ1) is 51.6. The summed E-state index contributed by atoms with van der Waals surface area (Å²) < 4.78 is 8.12. The summed E-state index contributed by atoms with van der Waals surface area (Å²) in [7, 11) is 4.36. The van der Waals surface area contributed by atoms with Gasteiger partial charge in [-0.15, -0.1) is 0 Å². The van der Waals surface area contributed by atoms with Gasteiger partial charge in [-0.25, -0.2) is 0 Å². The van der Waals surface area contributed by atoms with Crippen LogP contribution >= 0.6 is 22.6 Å². The number of benzene rings is 4. The lowest BCUT2D eigenvalue weighted by atomic mass is 10.00. The van der Waals surface area contributed by atoms with Gasteiger partial charge in [0.05, 0.1) is 0 Å². The van der Waals surface area contributed by atoms with Crippen molar-refractivity contribution in [2.75, 3.05) is 66.5 Å². The summed E-state index contributed by atoms with van der Waals surface area (Å²) >= 11 is 2.37. The van der Waals surface area contributed by atoms with Gasteiger partial charge in [0.25, 0.3) is 0 Å². The van der Waals surface area contributed by atoms with Crippen molar-refractivity contribution in [3.8, 4) is 0 Å². The third kappa shape index (κ3) is 10.9. The molecule has 0 bridgehead atoms. The van der Waals surface area contributed by atoms with E-state index in [0.717, 1.165) is 130 Å². The van der Waals surface area contributed by atoms with Crippen LogP contribution in [0.15, 0.2) is 78.9 Å². The predicted octanol–water partition coefficient (Wildman–Crippen LogP) is 9.38. The molecule has 1 N–H and O–H groups in total. The lowest BCUT2D eigenvalue weighted by Gasteiger charge is -2.30. The van der Waals surface area contributed by atoms with Gasteiger partial charge in [-0.1, -0.05) is 47.5 Å². The SMILES string of the molecule is Cc1ccc2c(c1)c1c(n2CC(=O)N2CCCCC2)CCN(C)C1.Cc1ccc2c(c1)c1c(n2CC(=O)N2CCc3ccccc3C2)CCN(C)C1.O=C(Cn1c2c(c3cc(I)ccc31)CNCC2)N1CCCCC1. The zero-order valence-electron chi connectivity index (χ0n) is 44.9. The predicted molar refractivity (Wildman–Crippen MR) is 310 cm³/mol. The van der Waals surface area contributed by atoms with Gasteiger partial charge in [-0.2, -0.15) is 0 Å². The maximum absolute atomic E-state index is 13.2. The number of likely N-dealkylation sites (N-methyl/N-ethyl adjacent to an activating group) is 2. The van der Waals surface area contributed by atoms with Crippen molar-refractivity contribution >= 4 is 73.0 Å². The molecule has 3 amide bonds. The van der Waals surface area contributed by atoms with Crippen LogP contribution in [0.5, 0.6) is 0 Å². The molecule has 7 aromatic rings. The van der Waals surface area contributed by atoms with Crippen LogP contribution in [0.25, 0.3) is 32.7 Å². The van der Waals surface area contributed by atoms with Crippen molar-refractivity contribution in [1.82, 2.24) is 43.5 Å². The molecule has 0 aliphatic carbocycles. The maximum Gasteiger partial charge on any atom is 0.242 e. The topological polar surface area (TPSA) is 94.2 Å². The normalized spacial score (nSPS) is 17.9. The Labute approximate surface area is 457 Å². The first-order chi connectivity index (χ1) is 36.5. The Morgan fingerprint density at radius 2 is 0.947 bits per heavy atom. The Kier molecular flexibility index (Phi) is 15.6. The number of aryl methyl sites for hydroxylation is 2. The van der Waals surface area contributed by atoms with Gasteiger partial charge in [-0.05, 0) is 166 Å². The first-order valence-corrected chi connectivity index (χ1v) is 29.0. The minimum Gasteiger partial charge on any atom is -0.341 e. The molecular formula is C62H76IN9O3. The van der Waals surface area contributed by atoms with E-state index in [4.69, 9.17) is 0 Å². The largest absolute Gasteiger partial charge is 0.341 e. The van der Waals surface area contributed by atoms with Crippen LogP contribution in [0.3, 0.4) is 0 Å². The van der Waals surface area contributed by atoms with E-state index < -0.39 is 0 Å². The number of aromatic nitrogens is 3. The van der Waals surface area contributed by atoms with Crippen LogP contribution in [0.1, 0.15) is 94.6 Å². The number of rotatable bonds is 6. The highest BCUT2D eigenvalue weighted by atomic mass is 127. The fourth-order valence-electron chi connectivity index (χ4n) is 13.0. The summed E-state index contributed by atoms with van der Waals surface area (Å²) in [4.78, 5) is 49.7. The van der Waals surface area contributed by atoms with E-state index in [-0.39, 0.29) is 17.7 Å². The monoisotopic (exact) mass is 1120 g/mol. The van der Waals surface area contributed by atoms with E-state index in [0.29, 0.717) is 19.6 Å². The Hall–Kier alpha value is -5.48. The number of halogens is 1. The number of hydrogen-bond donors (Lipinski definition) is 1. The van der Waals surface area contributed by atoms with Crippen LogP contribution < -0.4 is 5.32 Å². The smallest absolute Gasteiger partial charge is 0.242 e. The van der Waals surface area contributed by atoms with Crippen LogP contribution in [0, 0.1) is 17.4 Å². The summed E-state index contributed by atoms with van der Waals surface area (Å²) in [5, 5.41) is 7.44. The molecule has 13 rings (SSSR count). The highest BCUT2D eigenvalue weighted by Crippen LogP contribution is 2.34. The highest BCUT2D eigenvalue weighted by molar-refractivity contribution is 14.1. The molecule has 3 aromatic heterocycles. The number of carbonyl (C=O) groups is 3. The molecule has 13 heteroatoms. The molecule has 394 valence electrons. The van der Waals surface area contributed by atoms with Crippen molar-refractivity contribution in [2.24, 2.45) is 0 Å². The van der Waals surface area contributed by atoms with E-state index in [1.54, 1.807) is 0 Å². The van der Waals surface area contributed by atoms with Gasteiger partial charge in [0.2, 0.25) is 17.7 Å². The quantitative estimate of drug-likeness (QED) is 0.167. The number of carbonyl (C=O) groups excluding carboxylic acids is 3. The van der Waals surface area contributed by atoms with Crippen LogP contribution in [0.4, 0.5) is 0 Å². The summed E-state index contributed by atoms with van der Waals surface area (Å²) in [5.41, 5.74) is 17.2. The molecule has 75 heavy (non-hydrogen) atoms. The van der Waals surface area contributed by atoms with E-state index in [9.17, 15) is 14.4 Å². The number of fused-ring (bicyclic) bond motifs is 10. The Balaban J connectivity index is 0.000000121. The maximum atomic E-state index is 13.2. The molecule has 0 spiro atoms. The Morgan fingerprint density at radius 1 is 0.480 bits per heavy atom. The minimum absolute atomic E-state index is 0.230. The van der Waals surface area contributed by atoms with Gasteiger partial charge >= 0.3 is 0 Å². The van der Waals surface area contributed by atoms with Gasteiger partial charge < -0.3 is 43.5 Å². The Bertz CT molecular complexity index is 3260. The molecule has 0 atom stereocenters. The number of likely N-dealkylation sites (tertiary alicyclic amines) is 2. The summed E-state index contributed by atoms with van der Waals surface area (Å²) in [6, 6.07) is 28.4. The fourth-order valence-corrected chi connectivity index (χ4v) is 13.5.